The van der Waals surface area contributed by atoms with E-state index in [-0.39, 0.29) is 0 Å². The van der Waals surface area contributed by atoms with Crippen LogP contribution in [-0.2, 0) is 0 Å². The van der Waals surface area contributed by atoms with Gasteiger partial charge in [0.1, 0.15) is 0 Å². The maximum atomic E-state index is 4.62. The predicted octanol–water partition coefficient (Wildman–Crippen LogP) is 3.08. The summed E-state index contributed by atoms with van der Waals surface area (Å²) in [5, 5.41) is 3.36. The van der Waals surface area contributed by atoms with Crippen molar-refractivity contribution in [2.24, 2.45) is 0 Å². The highest BCUT2D eigenvalue weighted by molar-refractivity contribution is 5.83. The highest BCUT2D eigenvalue weighted by Gasteiger charge is 2.21. The monoisotopic (exact) mass is 236 g/mol. The van der Waals surface area contributed by atoms with Crippen LogP contribution in [0.25, 0.3) is 11.0 Å². The van der Waals surface area contributed by atoms with Gasteiger partial charge in [0.25, 0.3) is 0 Å². The lowest BCUT2D eigenvalue weighted by atomic mass is 10.3. The first kappa shape index (κ1) is 9.53. The number of hydrogen-bond donors (Lipinski definition) is 2. The highest BCUT2D eigenvalue weighted by Crippen LogP contribution is 2.35. The van der Waals surface area contributed by atoms with Crippen molar-refractivity contribution in [1.82, 2.24) is 9.97 Å². The van der Waals surface area contributed by atoms with E-state index in [1.165, 1.54) is 0 Å². The molecule has 2 N–H and O–H groups in total. The fourth-order valence-electron chi connectivity index (χ4n) is 2.36. The zero-order valence-electron chi connectivity index (χ0n) is 9.72. The number of benzene rings is 2. The summed E-state index contributed by atoms with van der Waals surface area (Å²) in [7, 11) is 0. The van der Waals surface area contributed by atoms with Gasteiger partial charge in [-0.25, -0.2) is 4.98 Å². The number of anilines is 3. The summed E-state index contributed by atoms with van der Waals surface area (Å²) < 4.78 is 0. The van der Waals surface area contributed by atoms with Gasteiger partial charge in [-0.1, -0.05) is 24.3 Å². The third kappa shape index (κ3) is 1.29. The number of para-hydroxylation sites is 4. The summed E-state index contributed by atoms with van der Waals surface area (Å²) >= 11 is 0. The summed E-state index contributed by atoms with van der Waals surface area (Å²) in [5.74, 6) is 0.883. The molecule has 0 saturated carbocycles. The number of H-pyrrole nitrogens is 1. The first-order valence-electron chi connectivity index (χ1n) is 5.97. The molecule has 0 atom stereocenters. The van der Waals surface area contributed by atoms with Crippen molar-refractivity contribution in [1.29, 1.82) is 0 Å². The van der Waals surface area contributed by atoms with Gasteiger partial charge in [0.2, 0.25) is 5.95 Å². The average molecular weight is 236 g/mol. The van der Waals surface area contributed by atoms with Crippen LogP contribution in [0.2, 0.25) is 0 Å². The molecular weight excluding hydrogens is 224 g/mol. The number of rotatable bonds is 1. The van der Waals surface area contributed by atoms with Crippen LogP contribution in [-0.4, -0.2) is 16.6 Å². The van der Waals surface area contributed by atoms with Crippen LogP contribution in [0.15, 0.2) is 48.5 Å². The lowest BCUT2D eigenvalue weighted by Gasteiger charge is -2.13. The average Bonchev–Trinajstić information content (AvgIpc) is 3.02. The zero-order chi connectivity index (χ0) is 11.9. The molecule has 4 rings (SSSR count). The number of aromatic amines is 1. The fourth-order valence-corrected chi connectivity index (χ4v) is 2.36. The van der Waals surface area contributed by atoms with Crippen LogP contribution in [0.3, 0.4) is 0 Å². The smallest absolute Gasteiger partial charge is 0.209 e. The van der Waals surface area contributed by atoms with Gasteiger partial charge >= 0.3 is 0 Å². The summed E-state index contributed by atoms with van der Waals surface area (Å²) in [6.07, 6.45) is 0. The minimum Gasteiger partial charge on any atom is -0.366 e. The van der Waals surface area contributed by atoms with E-state index in [0.29, 0.717) is 0 Å². The van der Waals surface area contributed by atoms with Gasteiger partial charge in [-0.15, -0.1) is 0 Å². The molecule has 3 aromatic rings. The first-order valence-corrected chi connectivity index (χ1v) is 5.97. The molecule has 0 spiro atoms. The molecule has 1 aliphatic heterocycles. The van der Waals surface area contributed by atoms with Gasteiger partial charge in [-0.2, -0.15) is 0 Å². The van der Waals surface area contributed by atoms with E-state index in [9.17, 15) is 0 Å². The Balaban J connectivity index is 1.85. The van der Waals surface area contributed by atoms with Crippen molar-refractivity contribution in [3.05, 3.63) is 48.5 Å². The van der Waals surface area contributed by atoms with Crippen LogP contribution in [0.1, 0.15) is 0 Å². The maximum Gasteiger partial charge on any atom is 0.209 e. The minimum absolute atomic E-state index is 0.749. The number of nitrogens with one attached hydrogen (secondary N) is 2. The Kier molecular flexibility index (Phi) is 1.85. The molecule has 0 radical (unpaired) electrons. The first-order chi connectivity index (χ1) is 8.92. The van der Waals surface area contributed by atoms with Gasteiger partial charge in [0.05, 0.1) is 29.1 Å². The molecule has 2 heterocycles. The Morgan fingerprint density at radius 2 is 1.83 bits per heavy atom. The molecule has 0 bridgehead atoms. The Morgan fingerprint density at radius 1 is 1.00 bits per heavy atom. The Hall–Kier alpha value is -2.49. The Bertz CT molecular complexity index is 683. The minimum atomic E-state index is 0.749. The Labute approximate surface area is 104 Å². The molecule has 2 aromatic carbocycles. The van der Waals surface area contributed by atoms with Crippen molar-refractivity contribution < 1.29 is 0 Å². The molecule has 0 amide bonds. The molecular formula is C14H12N4. The lowest BCUT2D eigenvalue weighted by molar-refractivity contribution is 1.03. The van der Waals surface area contributed by atoms with Gasteiger partial charge in [-0.3, -0.25) is 4.90 Å². The van der Waals surface area contributed by atoms with Crippen molar-refractivity contribution in [2.45, 2.75) is 0 Å². The molecule has 0 aliphatic carbocycles. The zero-order valence-corrected chi connectivity index (χ0v) is 9.72. The standard InChI is InChI=1S/C14H12N4/c1-2-6-11-10(5-1)16-14(17-11)18-9-15-12-7-3-4-8-13(12)18/h1-8,15H,9H2,(H,16,17). The third-order valence-electron chi connectivity index (χ3n) is 3.26. The largest absolute Gasteiger partial charge is 0.366 e. The van der Waals surface area contributed by atoms with E-state index < -0.39 is 0 Å². The molecule has 0 fully saturated rings. The van der Waals surface area contributed by atoms with E-state index in [4.69, 9.17) is 0 Å². The van der Waals surface area contributed by atoms with Crippen LogP contribution in [0, 0.1) is 0 Å². The quantitative estimate of drug-likeness (QED) is 0.682. The number of nitrogens with zero attached hydrogens (tertiary/aromatic N) is 2. The van der Waals surface area contributed by atoms with Gasteiger partial charge in [0.15, 0.2) is 0 Å². The molecule has 18 heavy (non-hydrogen) atoms. The molecule has 1 aliphatic rings. The summed E-state index contributed by atoms with van der Waals surface area (Å²) in [4.78, 5) is 10.1. The lowest BCUT2D eigenvalue weighted by Crippen LogP contribution is -2.17. The Morgan fingerprint density at radius 3 is 2.78 bits per heavy atom. The van der Waals surface area contributed by atoms with Gasteiger partial charge in [0, 0.05) is 0 Å². The van der Waals surface area contributed by atoms with E-state index >= 15 is 0 Å². The molecule has 0 saturated heterocycles. The van der Waals surface area contributed by atoms with Crippen LogP contribution in [0.5, 0.6) is 0 Å². The number of imidazole rings is 1. The molecule has 88 valence electrons. The summed E-state index contributed by atoms with van der Waals surface area (Å²) in [5.41, 5.74) is 4.38. The maximum absolute atomic E-state index is 4.62. The fraction of sp³-hybridized carbons (Fsp3) is 0.0714. The topological polar surface area (TPSA) is 44.0 Å². The van der Waals surface area contributed by atoms with E-state index in [2.05, 4.69) is 32.3 Å². The summed E-state index contributed by atoms with van der Waals surface area (Å²) in [6.45, 7) is 0.749. The van der Waals surface area contributed by atoms with E-state index in [1.807, 2.05) is 36.4 Å². The number of aromatic nitrogens is 2. The second-order valence-electron chi connectivity index (χ2n) is 4.36. The van der Waals surface area contributed by atoms with Crippen molar-refractivity contribution in [2.75, 3.05) is 16.9 Å². The predicted molar refractivity (Wildman–Crippen MR) is 73.2 cm³/mol. The number of hydrogen-bond acceptors (Lipinski definition) is 3. The van der Waals surface area contributed by atoms with Crippen LogP contribution < -0.4 is 10.2 Å². The van der Waals surface area contributed by atoms with Crippen molar-refractivity contribution >= 4 is 28.4 Å². The third-order valence-corrected chi connectivity index (χ3v) is 3.26. The molecule has 0 unspecified atom stereocenters. The van der Waals surface area contributed by atoms with Crippen LogP contribution in [0.4, 0.5) is 17.3 Å². The van der Waals surface area contributed by atoms with Crippen molar-refractivity contribution in [3.8, 4) is 0 Å². The van der Waals surface area contributed by atoms with Crippen molar-refractivity contribution in [3.63, 3.8) is 0 Å². The second-order valence-corrected chi connectivity index (χ2v) is 4.36. The second kappa shape index (κ2) is 3.50. The van der Waals surface area contributed by atoms with E-state index in [1.54, 1.807) is 0 Å². The number of fused-ring (bicyclic) bond motifs is 2. The SMILES string of the molecule is c1ccc2c(c1)NCN2c1nc2ccccc2[nH]1. The molecule has 4 nitrogen and oxygen atoms in total. The van der Waals surface area contributed by atoms with Gasteiger partial charge < -0.3 is 10.3 Å². The molecule has 4 heteroatoms. The van der Waals surface area contributed by atoms with E-state index in [0.717, 1.165) is 35.0 Å². The van der Waals surface area contributed by atoms with Gasteiger partial charge in [-0.05, 0) is 24.3 Å². The summed E-state index contributed by atoms with van der Waals surface area (Å²) in [6, 6.07) is 16.3. The normalized spacial score (nSPS) is 13.7. The van der Waals surface area contributed by atoms with Crippen LogP contribution >= 0.6 is 0 Å². The highest BCUT2D eigenvalue weighted by atomic mass is 15.4. The molecule has 1 aromatic heterocycles.